The molecule has 0 unspecified atom stereocenters. The van der Waals surface area contributed by atoms with E-state index in [9.17, 15) is 9.59 Å². The summed E-state index contributed by atoms with van der Waals surface area (Å²) >= 11 is 0. The molecule has 0 saturated heterocycles. The zero-order valence-corrected chi connectivity index (χ0v) is 17.8. The van der Waals surface area contributed by atoms with Crippen LogP contribution in [0.15, 0.2) is 71.3 Å². The van der Waals surface area contributed by atoms with Gasteiger partial charge in [-0.05, 0) is 26.3 Å². The first-order valence-corrected chi connectivity index (χ1v) is 10.0. The lowest BCUT2D eigenvalue weighted by Crippen LogP contribution is -2.45. The van der Waals surface area contributed by atoms with Gasteiger partial charge in [0.1, 0.15) is 18.2 Å². The number of nitrogens with zero attached hydrogens (tertiary/aromatic N) is 1. The number of hydrogen-bond donors (Lipinski definition) is 1. The van der Waals surface area contributed by atoms with Gasteiger partial charge in [0.2, 0.25) is 0 Å². The maximum Gasteiger partial charge on any atom is 0.408 e. The van der Waals surface area contributed by atoms with Gasteiger partial charge in [0.05, 0.1) is 12.6 Å². The first kappa shape index (κ1) is 22.1. The third-order valence-corrected chi connectivity index (χ3v) is 4.19. The number of carbonyl (C=O) groups is 2. The summed E-state index contributed by atoms with van der Waals surface area (Å²) < 4.78 is 16.5. The predicted molar refractivity (Wildman–Crippen MR) is 115 cm³/mol. The second kappa shape index (κ2) is 9.93. The SMILES string of the molecule is CC(C)(C)OC(=O)N[C@@H](Cc1ncc(-c2ccccc2)o1)C(=O)OCc1ccccc1. The summed E-state index contributed by atoms with van der Waals surface area (Å²) in [5.41, 5.74) is 1.00. The normalized spacial score (nSPS) is 12.1. The van der Waals surface area contributed by atoms with Crippen LogP contribution in [-0.2, 0) is 27.3 Å². The number of oxazole rings is 1. The molecule has 31 heavy (non-hydrogen) atoms. The van der Waals surface area contributed by atoms with Crippen LogP contribution < -0.4 is 5.32 Å². The van der Waals surface area contributed by atoms with Gasteiger partial charge in [-0.1, -0.05) is 60.7 Å². The molecule has 0 aliphatic rings. The molecule has 0 saturated carbocycles. The Morgan fingerprint density at radius 1 is 1.03 bits per heavy atom. The zero-order chi connectivity index (χ0) is 22.3. The standard InChI is InChI=1S/C24H26N2O5/c1-24(2,3)31-23(28)26-19(22(27)29-16-17-10-6-4-7-11-17)14-21-25-15-20(30-21)18-12-8-5-9-13-18/h4-13,15,19H,14,16H2,1-3H3,(H,26,28)/t19-/m0/s1. The Labute approximate surface area is 181 Å². The minimum Gasteiger partial charge on any atom is -0.459 e. The Morgan fingerprint density at radius 3 is 2.32 bits per heavy atom. The highest BCUT2D eigenvalue weighted by molar-refractivity contribution is 5.81. The predicted octanol–water partition coefficient (Wildman–Crippen LogP) is 4.52. The lowest BCUT2D eigenvalue weighted by atomic mass is 10.2. The molecule has 3 rings (SSSR count). The molecule has 0 spiro atoms. The number of alkyl carbamates (subject to hydrolysis) is 1. The molecule has 1 heterocycles. The fourth-order valence-corrected chi connectivity index (χ4v) is 2.79. The highest BCUT2D eigenvalue weighted by Gasteiger charge is 2.27. The van der Waals surface area contributed by atoms with Crippen molar-refractivity contribution in [2.24, 2.45) is 0 Å². The van der Waals surface area contributed by atoms with Crippen LogP contribution in [0.5, 0.6) is 0 Å². The summed E-state index contributed by atoms with van der Waals surface area (Å²) in [5, 5.41) is 2.57. The van der Waals surface area contributed by atoms with E-state index < -0.39 is 23.7 Å². The van der Waals surface area contributed by atoms with Gasteiger partial charge in [0.15, 0.2) is 11.7 Å². The Hall–Kier alpha value is -3.61. The lowest BCUT2D eigenvalue weighted by Gasteiger charge is -2.22. The van der Waals surface area contributed by atoms with Crippen molar-refractivity contribution < 1.29 is 23.5 Å². The van der Waals surface area contributed by atoms with Crippen LogP contribution in [0.2, 0.25) is 0 Å². The minimum absolute atomic E-state index is 0.0275. The number of nitrogens with one attached hydrogen (secondary N) is 1. The molecule has 162 valence electrons. The highest BCUT2D eigenvalue weighted by Crippen LogP contribution is 2.20. The van der Waals surface area contributed by atoms with Crippen molar-refractivity contribution >= 4 is 12.1 Å². The molecule has 0 fully saturated rings. The van der Waals surface area contributed by atoms with E-state index in [1.54, 1.807) is 27.0 Å². The van der Waals surface area contributed by atoms with E-state index in [0.717, 1.165) is 11.1 Å². The Balaban J connectivity index is 1.71. The van der Waals surface area contributed by atoms with Gasteiger partial charge in [0.25, 0.3) is 0 Å². The van der Waals surface area contributed by atoms with Crippen LogP contribution in [0.25, 0.3) is 11.3 Å². The van der Waals surface area contributed by atoms with Crippen LogP contribution in [0.1, 0.15) is 32.2 Å². The van der Waals surface area contributed by atoms with Crippen LogP contribution in [-0.4, -0.2) is 28.7 Å². The van der Waals surface area contributed by atoms with Crippen molar-refractivity contribution in [3.63, 3.8) is 0 Å². The van der Waals surface area contributed by atoms with E-state index in [4.69, 9.17) is 13.9 Å². The summed E-state index contributed by atoms with van der Waals surface area (Å²) in [4.78, 5) is 29.3. The Bertz CT molecular complexity index is 994. The van der Waals surface area contributed by atoms with Crippen LogP contribution in [0, 0.1) is 0 Å². The van der Waals surface area contributed by atoms with Gasteiger partial charge in [-0.15, -0.1) is 0 Å². The molecular weight excluding hydrogens is 396 g/mol. The summed E-state index contributed by atoms with van der Waals surface area (Å²) in [6.07, 6.45) is 0.897. The number of rotatable bonds is 7. The van der Waals surface area contributed by atoms with Crippen LogP contribution in [0.4, 0.5) is 4.79 Å². The van der Waals surface area contributed by atoms with Crippen LogP contribution in [0.3, 0.4) is 0 Å². The van der Waals surface area contributed by atoms with Crippen LogP contribution >= 0.6 is 0 Å². The van der Waals surface area contributed by atoms with Crippen molar-refractivity contribution in [3.8, 4) is 11.3 Å². The fourth-order valence-electron chi connectivity index (χ4n) is 2.79. The number of benzene rings is 2. The number of aromatic nitrogens is 1. The smallest absolute Gasteiger partial charge is 0.408 e. The van der Waals surface area contributed by atoms with E-state index in [-0.39, 0.29) is 13.0 Å². The van der Waals surface area contributed by atoms with Crippen molar-refractivity contribution in [3.05, 3.63) is 78.3 Å². The average molecular weight is 422 g/mol. The largest absolute Gasteiger partial charge is 0.459 e. The zero-order valence-electron chi connectivity index (χ0n) is 17.8. The summed E-state index contributed by atoms with van der Waals surface area (Å²) in [7, 11) is 0. The Kier molecular flexibility index (Phi) is 7.07. The average Bonchev–Trinajstić information content (AvgIpc) is 3.20. The molecule has 1 aromatic heterocycles. The maximum absolute atomic E-state index is 12.7. The molecule has 3 aromatic rings. The number of amides is 1. The van der Waals surface area contributed by atoms with E-state index in [0.29, 0.717) is 11.7 Å². The molecule has 2 aromatic carbocycles. The van der Waals surface area contributed by atoms with Crippen molar-refractivity contribution in [1.82, 2.24) is 10.3 Å². The minimum atomic E-state index is -1.01. The number of ether oxygens (including phenoxy) is 2. The topological polar surface area (TPSA) is 90.7 Å². The molecule has 0 aliphatic heterocycles. The summed E-state index contributed by atoms with van der Waals surface area (Å²) in [5.74, 6) is 0.273. The van der Waals surface area contributed by atoms with Crippen molar-refractivity contribution in [2.75, 3.05) is 0 Å². The molecule has 7 heteroatoms. The van der Waals surface area contributed by atoms with Crippen molar-refractivity contribution in [2.45, 2.75) is 45.4 Å². The fraction of sp³-hybridized carbons (Fsp3) is 0.292. The van der Waals surface area contributed by atoms with E-state index >= 15 is 0 Å². The maximum atomic E-state index is 12.7. The van der Waals surface area contributed by atoms with Gasteiger partial charge in [-0.3, -0.25) is 0 Å². The second-order valence-corrected chi connectivity index (χ2v) is 7.98. The molecule has 1 amide bonds. The van der Waals surface area contributed by atoms with E-state index in [1.807, 2.05) is 60.7 Å². The van der Waals surface area contributed by atoms with E-state index in [2.05, 4.69) is 10.3 Å². The molecule has 0 radical (unpaired) electrons. The van der Waals surface area contributed by atoms with E-state index in [1.165, 1.54) is 0 Å². The second-order valence-electron chi connectivity index (χ2n) is 7.98. The third-order valence-electron chi connectivity index (χ3n) is 4.19. The highest BCUT2D eigenvalue weighted by atomic mass is 16.6. The van der Waals surface area contributed by atoms with Gasteiger partial charge >= 0.3 is 12.1 Å². The first-order valence-electron chi connectivity index (χ1n) is 10.0. The summed E-state index contributed by atoms with van der Waals surface area (Å²) in [6, 6.07) is 17.8. The first-order chi connectivity index (χ1) is 14.8. The summed E-state index contributed by atoms with van der Waals surface area (Å²) in [6.45, 7) is 5.33. The Morgan fingerprint density at radius 2 is 1.68 bits per heavy atom. The van der Waals surface area contributed by atoms with Crippen molar-refractivity contribution in [1.29, 1.82) is 0 Å². The molecule has 0 aliphatic carbocycles. The van der Waals surface area contributed by atoms with Gasteiger partial charge in [-0.2, -0.15) is 0 Å². The number of carbonyl (C=O) groups excluding carboxylic acids is 2. The quantitative estimate of drug-likeness (QED) is 0.563. The molecule has 7 nitrogen and oxygen atoms in total. The molecule has 1 atom stereocenters. The van der Waals surface area contributed by atoms with Gasteiger partial charge in [0, 0.05) is 5.56 Å². The van der Waals surface area contributed by atoms with Gasteiger partial charge in [-0.25, -0.2) is 14.6 Å². The molecule has 0 bridgehead atoms. The number of esters is 1. The third kappa shape index (κ3) is 6.99. The monoisotopic (exact) mass is 422 g/mol. The lowest BCUT2D eigenvalue weighted by molar-refractivity contribution is -0.147. The molecule has 1 N–H and O–H groups in total. The van der Waals surface area contributed by atoms with Gasteiger partial charge < -0.3 is 19.2 Å². The number of hydrogen-bond acceptors (Lipinski definition) is 6. The molecular formula is C24H26N2O5.